The number of nitrogens with one attached hydrogen (secondary N) is 1. The predicted octanol–water partition coefficient (Wildman–Crippen LogP) is 3.15. The molecule has 148 valence electrons. The van der Waals surface area contributed by atoms with Crippen LogP contribution in [0.25, 0.3) is 10.9 Å². The van der Waals surface area contributed by atoms with Crippen LogP contribution in [-0.4, -0.2) is 32.3 Å². The number of hydrogen-bond acceptors (Lipinski definition) is 5. The van der Waals surface area contributed by atoms with Gasteiger partial charge in [0.25, 0.3) is 5.56 Å². The molecule has 1 aromatic heterocycles. The van der Waals surface area contributed by atoms with Crippen LogP contribution in [0.2, 0.25) is 0 Å². The first kappa shape index (κ1) is 20.3. The van der Waals surface area contributed by atoms with E-state index in [-0.39, 0.29) is 45.4 Å². The van der Waals surface area contributed by atoms with E-state index in [1.165, 1.54) is 53.1 Å². The van der Waals surface area contributed by atoms with E-state index < -0.39 is 11.8 Å². The van der Waals surface area contributed by atoms with E-state index in [2.05, 4.69) is 16.9 Å². The lowest BCUT2D eigenvalue weighted by molar-refractivity contribution is -0.113. The molecule has 0 aliphatic rings. The lowest BCUT2D eigenvalue weighted by Gasteiger charge is -2.12. The van der Waals surface area contributed by atoms with Crippen LogP contribution < -0.4 is 10.9 Å². The van der Waals surface area contributed by atoms with Crippen LogP contribution in [0.3, 0.4) is 0 Å². The van der Waals surface area contributed by atoms with Crippen LogP contribution in [0.4, 0.5) is 10.1 Å². The molecule has 29 heavy (non-hydrogen) atoms. The number of benzene rings is 2. The van der Waals surface area contributed by atoms with Gasteiger partial charge < -0.3 is 10.4 Å². The minimum atomic E-state index is -1.13. The van der Waals surface area contributed by atoms with Crippen molar-refractivity contribution in [3.63, 3.8) is 0 Å². The van der Waals surface area contributed by atoms with Gasteiger partial charge in [-0.15, -0.1) is 6.58 Å². The Morgan fingerprint density at radius 3 is 2.62 bits per heavy atom. The van der Waals surface area contributed by atoms with Gasteiger partial charge in [0.1, 0.15) is 5.82 Å². The molecule has 0 aliphatic carbocycles. The van der Waals surface area contributed by atoms with Crippen molar-refractivity contribution in [2.24, 2.45) is 0 Å². The summed E-state index contributed by atoms with van der Waals surface area (Å²) < 4.78 is 14.3. The quantitative estimate of drug-likeness (QED) is 0.351. The van der Waals surface area contributed by atoms with Crippen molar-refractivity contribution in [3.05, 3.63) is 76.9 Å². The van der Waals surface area contributed by atoms with Crippen molar-refractivity contribution in [3.8, 4) is 0 Å². The number of aromatic carboxylic acids is 1. The second kappa shape index (κ2) is 8.70. The summed E-state index contributed by atoms with van der Waals surface area (Å²) in [5, 5.41) is 12.3. The van der Waals surface area contributed by atoms with E-state index >= 15 is 0 Å². The molecule has 7 nitrogen and oxygen atoms in total. The zero-order valence-corrected chi connectivity index (χ0v) is 15.9. The molecule has 2 N–H and O–H groups in total. The van der Waals surface area contributed by atoms with Crippen molar-refractivity contribution in [1.82, 2.24) is 9.55 Å². The standard InChI is InChI=1S/C20H16FN3O4S/c1-2-9-24-18(26)15-8-3-12(19(27)28)10-16(15)23-20(24)29-11-17(25)22-14-6-4-13(21)5-7-14/h2-8,10H,1,9,11H2,(H,22,25)(H,27,28). The van der Waals surface area contributed by atoms with Gasteiger partial charge >= 0.3 is 5.97 Å². The first-order valence-corrected chi connectivity index (χ1v) is 9.44. The van der Waals surface area contributed by atoms with E-state index in [0.29, 0.717) is 5.69 Å². The Labute approximate surface area is 168 Å². The smallest absolute Gasteiger partial charge is 0.335 e. The lowest BCUT2D eigenvalue weighted by atomic mass is 10.1. The molecule has 3 rings (SSSR count). The maximum absolute atomic E-state index is 13.0. The predicted molar refractivity (Wildman–Crippen MR) is 109 cm³/mol. The van der Waals surface area contributed by atoms with E-state index in [4.69, 9.17) is 5.11 Å². The molecule has 1 amide bonds. The highest BCUT2D eigenvalue weighted by atomic mass is 32.2. The zero-order chi connectivity index (χ0) is 21.0. The van der Waals surface area contributed by atoms with Gasteiger partial charge in [-0.1, -0.05) is 17.8 Å². The molecule has 1 heterocycles. The summed E-state index contributed by atoms with van der Waals surface area (Å²) in [5.41, 5.74) is 0.332. The Bertz CT molecular complexity index is 1160. The highest BCUT2D eigenvalue weighted by molar-refractivity contribution is 7.99. The SMILES string of the molecule is C=CCn1c(SCC(=O)Nc2ccc(F)cc2)nc2cc(C(=O)O)ccc2c1=O. The number of rotatable bonds is 7. The molecule has 0 bridgehead atoms. The van der Waals surface area contributed by atoms with E-state index in [0.717, 1.165) is 11.8 Å². The van der Waals surface area contributed by atoms with Gasteiger partial charge in [-0.05, 0) is 42.5 Å². The number of hydrogen-bond donors (Lipinski definition) is 2. The maximum atomic E-state index is 13.0. The summed E-state index contributed by atoms with van der Waals surface area (Å²) in [5.74, 6) is -1.95. The molecule has 3 aromatic rings. The van der Waals surface area contributed by atoms with Crippen molar-refractivity contribution >= 4 is 40.2 Å². The Kier molecular flexibility index (Phi) is 6.08. The zero-order valence-electron chi connectivity index (χ0n) is 15.1. The van der Waals surface area contributed by atoms with Gasteiger partial charge in [0.05, 0.1) is 22.2 Å². The molecule has 0 unspecified atom stereocenters. The second-order valence-corrected chi connectivity index (χ2v) is 6.92. The number of allylic oxidation sites excluding steroid dienone is 1. The summed E-state index contributed by atoms with van der Waals surface area (Å²) in [7, 11) is 0. The fraction of sp³-hybridized carbons (Fsp3) is 0.100. The number of fused-ring (bicyclic) bond motifs is 1. The van der Waals surface area contributed by atoms with E-state index in [1.54, 1.807) is 0 Å². The minimum Gasteiger partial charge on any atom is -0.478 e. The molecule has 2 aromatic carbocycles. The summed E-state index contributed by atoms with van der Waals surface area (Å²) in [6, 6.07) is 9.42. The Balaban J connectivity index is 1.87. The van der Waals surface area contributed by atoms with Gasteiger partial charge in [-0.2, -0.15) is 0 Å². The van der Waals surface area contributed by atoms with Crippen LogP contribution in [-0.2, 0) is 11.3 Å². The second-order valence-electron chi connectivity index (χ2n) is 5.98. The molecule has 0 atom stereocenters. The molecular weight excluding hydrogens is 397 g/mol. The average Bonchev–Trinajstić information content (AvgIpc) is 2.70. The highest BCUT2D eigenvalue weighted by Gasteiger charge is 2.14. The van der Waals surface area contributed by atoms with Gasteiger partial charge in [0, 0.05) is 12.2 Å². The molecular formula is C20H16FN3O4S. The topological polar surface area (TPSA) is 101 Å². The number of halogens is 1. The third kappa shape index (κ3) is 4.69. The summed E-state index contributed by atoms with van der Waals surface area (Å²) in [4.78, 5) is 40.5. The van der Waals surface area contributed by atoms with Crippen LogP contribution in [0.5, 0.6) is 0 Å². The van der Waals surface area contributed by atoms with Gasteiger partial charge in [0.15, 0.2) is 5.16 Å². The number of amides is 1. The highest BCUT2D eigenvalue weighted by Crippen LogP contribution is 2.20. The molecule has 0 saturated carbocycles. The lowest BCUT2D eigenvalue weighted by Crippen LogP contribution is -2.24. The van der Waals surface area contributed by atoms with Crippen molar-refractivity contribution in [2.45, 2.75) is 11.7 Å². The van der Waals surface area contributed by atoms with Gasteiger partial charge in [-0.3, -0.25) is 14.2 Å². The Morgan fingerprint density at radius 2 is 1.97 bits per heavy atom. The molecule has 0 radical (unpaired) electrons. The van der Waals surface area contributed by atoms with Crippen LogP contribution in [0.15, 0.2) is 65.1 Å². The number of anilines is 1. The average molecular weight is 413 g/mol. The molecule has 0 fully saturated rings. The van der Waals surface area contributed by atoms with Crippen molar-refractivity contribution < 1.29 is 19.1 Å². The van der Waals surface area contributed by atoms with Crippen molar-refractivity contribution in [2.75, 3.05) is 11.1 Å². The largest absolute Gasteiger partial charge is 0.478 e. The first-order valence-electron chi connectivity index (χ1n) is 8.46. The molecule has 0 aliphatic heterocycles. The Hall–Kier alpha value is -3.46. The number of thioether (sulfide) groups is 1. The number of carbonyl (C=O) groups excluding carboxylic acids is 1. The fourth-order valence-corrected chi connectivity index (χ4v) is 3.40. The summed E-state index contributed by atoms with van der Waals surface area (Å²) in [6.45, 7) is 3.81. The van der Waals surface area contributed by atoms with E-state index in [1.807, 2.05) is 0 Å². The van der Waals surface area contributed by atoms with Crippen molar-refractivity contribution in [1.29, 1.82) is 0 Å². The first-order chi connectivity index (χ1) is 13.9. The fourth-order valence-electron chi connectivity index (χ4n) is 2.59. The summed E-state index contributed by atoms with van der Waals surface area (Å²) in [6.07, 6.45) is 1.53. The third-order valence-corrected chi connectivity index (χ3v) is 4.92. The normalized spacial score (nSPS) is 10.7. The van der Waals surface area contributed by atoms with E-state index in [9.17, 15) is 18.8 Å². The molecule has 0 spiro atoms. The Morgan fingerprint density at radius 1 is 1.24 bits per heavy atom. The van der Waals surface area contributed by atoms with Gasteiger partial charge in [0.2, 0.25) is 5.91 Å². The number of carboxylic acids is 1. The van der Waals surface area contributed by atoms with Gasteiger partial charge in [-0.25, -0.2) is 14.2 Å². The number of aromatic nitrogens is 2. The molecule has 0 saturated heterocycles. The monoisotopic (exact) mass is 413 g/mol. The number of carbonyl (C=O) groups is 2. The maximum Gasteiger partial charge on any atom is 0.335 e. The molecule has 9 heteroatoms. The summed E-state index contributed by atoms with van der Waals surface area (Å²) >= 11 is 1.03. The third-order valence-electron chi connectivity index (χ3n) is 3.94. The number of nitrogens with zero attached hydrogens (tertiary/aromatic N) is 2. The van der Waals surface area contributed by atoms with Crippen LogP contribution in [0, 0.1) is 5.82 Å². The number of carboxylic acid groups (broad SMARTS) is 1. The van der Waals surface area contributed by atoms with Crippen LogP contribution >= 0.6 is 11.8 Å². The van der Waals surface area contributed by atoms with Crippen LogP contribution in [0.1, 0.15) is 10.4 Å². The minimum absolute atomic E-state index is 0.0101.